The number of nitrogens with one attached hydrogen (secondary N) is 2. The predicted molar refractivity (Wildman–Crippen MR) is 99.8 cm³/mol. The largest absolute Gasteiger partial charge is 0.354 e. The van der Waals surface area contributed by atoms with E-state index in [-0.39, 0.29) is 18.2 Å². The van der Waals surface area contributed by atoms with E-state index in [1.807, 2.05) is 30.3 Å². The molecule has 1 aromatic heterocycles. The number of rotatable bonds is 3. The number of piperidine rings is 1. The van der Waals surface area contributed by atoms with Gasteiger partial charge in [0.2, 0.25) is 11.8 Å². The van der Waals surface area contributed by atoms with Gasteiger partial charge in [0.1, 0.15) is 6.04 Å². The Balaban J connectivity index is 1.40. The Bertz CT molecular complexity index is 1140. The lowest BCUT2D eigenvalue weighted by molar-refractivity contribution is -0.136. The Labute approximate surface area is 159 Å². The van der Waals surface area contributed by atoms with Crippen LogP contribution in [0.2, 0.25) is 0 Å². The maximum Gasteiger partial charge on any atom is 0.255 e. The number of carbonyl (C=O) groups excluding carboxylic acids is 3. The van der Waals surface area contributed by atoms with Crippen LogP contribution in [0.3, 0.4) is 0 Å². The summed E-state index contributed by atoms with van der Waals surface area (Å²) in [7, 11) is 0. The molecule has 5 rings (SSSR count). The number of imide groups is 1. The van der Waals surface area contributed by atoms with E-state index < -0.39 is 11.9 Å². The summed E-state index contributed by atoms with van der Waals surface area (Å²) in [6.45, 7) is 0.329. The van der Waals surface area contributed by atoms with Crippen LogP contribution in [0.5, 0.6) is 0 Å². The number of benzene rings is 2. The summed E-state index contributed by atoms with van der Waals surface area (Å²) < 4.78 is 5.30. The number of para-hydroxylation sites is 1. The Hall–Kier alpha value is -3.68. The molecule has 8 heteroatoms. The molecule has 0 spiro atoms. The lowest BCUT2D eigenvalue weighted by Crippen LogP contribution is -2.52. The van der Waals surface area contributed by atoms with E-state index in [0.717, 1.165) is 16.6 Å². The van der Waals surface area contributed by atoms with E-state index in [9.17, 15) is 14.4 Å². The molecule has 0 aliphatic carbocycles. The summed E-state index contributed by atoms with van der Waals surface area (Å²) in [4.78, 5) is 37.8. The topological polar surface area (TPSA) is 105 Å². The van der Waals surface area contributed by atoms with E-state index in [4.69, 9.17) is 4.52 Å². The van der Waals surface area contributed by atoms with Crippen molar-refractivity contribution in [1.82, 2.24) is 15.4 Å². The summed E-state index contributed by atoms with van der Waals surface area (Å²) in [5.74, 6) is -0.300. The minimum atomic E-state index is -0.617. The van der Waals surface area contributed by atoms with Crippen molar-refractivity contribution in [3.8, 4) is 0 Å². The molecule has 1 fully saturated rings. The molecule has 0 saturated carbocycles. The summed E-state index contributed by atoms with van der Waals surface area (Å²) in [5, 5.41) is 10.5. The van der Waals surface area contributed by atoms with E-state index in [0.29, 0.717) is 29.9 Å². The van der Waals surface area contributed by atoms with Gasteiger partial charge in [0.15, 0.2) is 11.4 Å². The van der Waals surface area contributed by atoms with Gasteiger partial charge in [-0.25, -0.2) is 0 Å². The number of anilines is 2. The van der Waals surface area contributed by atoms with Gasteiger partial charge in [-0.2, -0.15) is 0 Å². The number of carbonyl (C=O) groups is 3. The van der Waals surface area contributed by atoms with Crippen molar-refractivity contribution in [3.63, 3.8) is 0 Å². The first-order chi connectivity index (χ1) is 13.6. The first kappa shape index (κ1) is 16.5. The van der Waals surface area contributed by atoms with Crippen molar-refractivity contribution in [2.24, 2.45) is 0 Å². The molecule has 2 aliphatic rings. The number of aromatic nitrogens is 1. The smallest absolute Gasteiger partial charge is 0.255 e. The Morgan fingerprint density at radius 2 is 2.00 bits per heavy atom. The van der Waals surface area contributed by atoms with Gasteiger partial charge in [0.25, 0.3) is 5.91 Å². The van der Waals surface area contributed by atoms with Crippen LogP contribution in [-0.2, 0) is 16.1 Å². The number of hydrogen-bond donors (Lipinski definition) is 2. The average molecular weight is 376 g/mol. The molecule has 2 N–H and O–H groups in total. The summed E-state index contributed by atoms with van der Waals surface area (Å²) in [6.07, 6.45) is 0.586. The van der Waals surface area contributed by atoms with E-state index in [2.05, 4.69) is 15.8 Å². The second-order valence-electron chi connectivity index (χ2n) is 6.92. The van der Waals surface area contributed by atoms with Crippen molar-refractivity contribution in [2.45, 2.75) is 25.4 Å². The normalized spacial score (nSPS) is 19.1. The number of nitrogens with zero attached hydrogens (tertiary/aromatic N) is 2. The molecule has 140 valence electrons. The second kappa shape index (κ2) is 6.19. The minimum absolute atomic E-state index is 0.192. The highest BCUT2D eigenvalue weighted by Gasteiger charge is 2.39. The zero-order valence-corrected chi connectivity index (χ0v) is 14.8. The van der Waals surface area contributed by atoms with Crippen LogP contribution < -0.4 is 10.6 Å². The summed E-state index contributed by atoms with van der Waals surface area (Å²) in [6, 6.07) is 12.3. The Kier molecular flexibility index (Phi) is 3.65. The molecule has 2 aromatic carbocycles. The fourth-order valence-electron chi connectivity index (χ4n) is 3.76. The fourth-order valence-corrected chi connectivity index (χ4v) is 3.76. The minimum Gasteiger partial charge on any atom is -0.354 e. The highest BCUT2D eigenvalue weighted by Crippen LogP contribution is 2.31. The van der Waals surface area contributed by atoms with E-state index >= 15 is 0 Å². The lowest BCUT2D eigenvalue weighted by atomic mass is 10.0. The Morgan fingerprint density at radius 1 is 1.14 bits per heavy atom. The lowest BCUT2D eigenvalue weighted by Gasteiger charge is -2.29. The first-order valence-electron chi connectivity index (χ1n) is 8.99. The fraction of sp³-hybridized carbons (Fsp3) is 0.200. The molecule has 3 amide bonds. The molecule has 2 aliphatic heterocycles. The Morgan fingerprint density at radius 3 is 2.86 bits per heavy atom. The highest BCUT2D eigenvalue weighted by atomic mass is 16.5. The quantitative estimate of drug-likeness (QED) is 0.680. The maximum atomic E-state index is 12.7. The van der Waals surface area contributed by atoms with Crippen molar-refractivity contribution in [3.05, 3.63) is 53.6 Å². The summed E-state index contributed by atoms with van der Waals surface area (Å²) in [5.41, 5.74) is 2.86. The van der Waals surface area contributed by atoms with Gasteiger partial charge >= 0.3 is 0 Å². The first-order valence-corrected chi connectivity index (χ1v) is 8.99. The van der Waals surface area contributed by atoms with Crippen molar-refractivity contribution < 1.29 is 18.9 Å². The molecule has 3 heterocycles. The molecule has 28 heavy (non-hydrogen) atoms. The molecule has 0 radical (unpaired) electrons. The van der Waals surface area contributed by atoms with Gasteiger partial charge < -0.3 is 14.7 Å². The molecule has 3 aromatic rings. The number of amides is 3. The van der Waals surface area contributed by atoms with Crippen LogP contribution in [0.4, 0.5) is 11.5 Å². The predicted octanol–water partition coefficient (Wildman–Crippen LogP) is 2.33. The maximum absolute atomic E-state index is 12.7. The van der Waals surface area contributed by atoms with Crippen LogP contribution in [0, 0.1) is 0 Å². The van der Waals surface area contributed by atoms with Gasteiger partial charge in [-0.1, -0.05) is 17.3 Å². The van der Waals surface area contributed by atoms with Gasteiger partial charge in [-0.05, 0) is 42.3 Å². The van der Waals surface area contributed by atoms with Gasteiger partial charge in [-0.3, -0.25) is 19.7 Å². The molecule has 8 nitrogen and oxygen atoms in total. The van der Waals surface area contributed by atoms with Gasteiger partial charge in [-0.15, -0.1) is 0 Å². The molecule has 1 saturated heterocycles. The van der Waals surface area contributed by atoms with Crippen LogP contribution in [0.1, 0.15) is 28.8 Å². The van der Waals surface area contributed by atoms with Crippen LogP contribution >= 0.6 is 0 Å². The zero-order chi connectivity index (χ0) is 19.3. The zero-order valence-electron chi connectivity index (χ0n) is 14.8. The third-order valence-corrected chi connectivity index (χ3v) is 5.16. The molecule has 0 bridgehead atoms. The molecule has 1 atom stereocenters. The third kappa shape index (κ3) is 2.61. The number of fused-ring (bicyclic) bond motifs is 2. The van der Waals surface area contributed by atoms with Crippen molar-refractivity contribution >= 4 is 40.2 Å². The third-order valence-electron chi connectivity index (χ3n) is 5.16. The van der Waals surface area contributed by atoms with Crippen molar-refractivity contribution in [1.29, 1.82) is 0 Å². The number of hydrogen-bond acceptors (Lipinski definition) is 6. The average Bonchev–Trinajstić information content (AvgIpc) is 3.23. The van der Waals surface area contributed by atoms with E-state index in [1.54, 1.807) is 12.1 Å². The van der Waals surface area contributed by atoms with Crippen LogP contribution in [0.15, 0.2) is 47.0 Å². The van der Waals surface area contributed by atoms with Crippen molar-refractivity contribution in [2.75, 3.05) is 5.32 Å². The standard InChI is InChI=1S/C20H16N4O4/c25-17-8-7-15(19(26)22-17)24-10-11-9-12(5-6-13(11)20(24)27)21-18-14-3-1-2-4-16(14)28-23-18/h1-6,9,15H,7-8,10H2,(H,21,23)(H,22,25,26)/t15-/m0/s1. The van der Waals surface area contributed by atoms with Crippen LogP contribution in [-0.4, -0.2) is 33.8 Å². The molecule has 0 unspecified atom stereocenters. The van der Waals surface area contributed by atoms with E-state index in [1.165, 1.54) is 4.90 Å². The SMILES string of the molecule is O=C1CC[C@H](N2Cc3cc(Nc4noc5ccccc45)ccc3C2=O)C(=O)N1. The molecular weight excluding hydrogens is 360 g/mol. The monoisotopic (exact) mass is 376 g/mol. The second-order valence-corrected chi connectivity index (χ2v) is 6.92. The van der Waals surface area contributed by atoms with Gasteiger partial charge in [0, 0.05) is 24.2 Å². The molecular formula is C20H16N4O4. The van der Waals surface area contributed by atoms with Gasteiger partial charge in [0.05, 0.1) is 5.39 Å². The highest BCUT2D eigenvalue weighted by molar-refractivity contribution is 6.05. The van der Waals surface area contributed by atoms with Crippen LogP contribution in [0.25, 0.3) is 11.0 Å². The summed E-state index contributed by atoms with van der Waals surface area (Å²) >= 11 is 0.